The molecule has 5 rings (SSSR count). The molecule has 2 atom stereocenters. The second-order valence-electron chi connectivity index (χ2n) is 8.82. The molecular weight excluding hydrogens is 431 g/mol. The molecule has 1 aliphatic rings. The lowest BCUT2D eigenvalue weighted by atomic mass is 9.96. The fourth-order valence-corrected chi connectivity index (χ4v) is 4.50. The van der Waals surface area contributed by atoms with Gasteiger partial charge in [-0.15, -0.1) is 0 Å². The Hall–Kier alpha value is -3.81. The van der Waals surface area contributed by atoms with Crippen LogP contribution in [0.4, 0.5) is 10.2 Å². The highest BCUT2D eigenvalue weighted by atomic mass is 19.1. The maximum Gasteiger partial charge on any atom is 0.223 e. The number of imidazole rings is 1. The van der Waals surface area contributed by atoms with Crippen molar-refractivity contribution in [3.63, 3.8) is 0 Å². The van der Waals surface area contributed by atoms with Gasteiger partial charge in [0.1, 0.15) is 23.0 Å². The first-order valence-electron chi connectivity index (χ1n) is 11.6. The maximum atomic E-state index is 13.7. The molecule has 1 aromatic carbocycles. The number of hydrogen-bond acceptors (Lipinski definition) is 5. The summed E-state index contributed by atoms with van der Waals surface area (Å²) in [6.07, 6.45) is 7.09. The molecule has 0 radical (unpaired) electrons. The van der Waals surface area contributed by atoms with Crippen LogP contribution >= 0.6 is 0 Å². The number of aromatic nitrogens is 4. The van der Waals surface area contributed by atoms with Crippen LogP contribution in [0, 0.1) is 5.82 Å². The normalized spacial score (nSPS) is 17.0. The predicted octanol–water partition coefficient (Wildman–Crippen LogP) is 4.53. The summed E-state index contributed by atoms with van der Waals surface area (Å²) in [5.74, 6) is 1.15. The van der Waals surface area contributed by atoms with E-state index in [1.165, 1.54) is 17.8 Å². The number of pyridine rings is 1. The van der Waals surface area contributed by atoms with Gasteiger partial charge >= 0.3 is 0 Å². The number of nitrogens with one attached hydrogen (secondary N) is 1. The van der Waals surface area contributed by atoms with E-state index in [-0.39, 0.29) is 23.7 Å². The van der Waals surface area contributed by atoms with Crippen LogP contribution in [0.1, 0.15) is 37.7 Å². The molecule has 4 aromatic rings. The van der Waals surface area contributed by atoms with Gasteiger partial charge in [-0.1, -0.05) is 37.3 Å². The molecule has 34 heavy (non-hydrogen) atoms. The Morgan fingerprint density at radius 1 is 1.18 bits per heavy atom. The van der Waals surface area contributed by atoms with Gasteiger partial charge in [0.05, 0.1) is 6.20 Å². The largest absolute Gasteiger partial charge is 0.365 e. The van der Waals surface area contributed by atoms with Gasteiger partial charge in [-0.2, -0.15) is 0 Å². The SMILES string of the molecule is CC(CC(=O)N1CCC[C@@H](Nc2ccnc(-c3cnc4ccc(F)cn34)n2)C1)c1ccccc1. The van der Waals surface area contributed by atoms with Gasteiger partial charge in [-0.3, -0.25) is 9.20 Å². The lowest BCUT2D eigenvalue weighted by Gasteiger charge is -2.34. The van der Waals surface area contributed by atoms with Crippen molar-refractivity contribution in [3.05, 3.63) is 78.5 Å². The number of amides is 1. The molecule has 1 amide bonds. The van der Waals surface area contributed by atoms with Crippen LogP contribution in [0.2, 0.25) is 0 Å². The zero-order chi connectivity index (χ0) is 23.5. The number of rotatable bonds is 6. The monoisotopic (exact) mass is 458 g/mol. The van der Waals surface area contributed by atoms with Crippen LogP contribution in [0.3, 0.4) is 0 Å². The highest BCUT2D eigenvalue weighted by molar-refractivity contribution is 5.77. The van der Waals surface area contributed by atoms with Gasteiger partial charge in [-0.05, 0) is 42.5 Å². The molecular formula is C26H27FN6O. The third-order valence-electron chi connectivity index (χ3n) is 6.33. The summed E-state index contributed by atoms with van der Waals surface area (Å²) in [4.78, 5) is 28.2. The van der Waals surface area contributed by atoms with E-state index in [4.69, 9.17) is 0 Å². The Labute approximate surface area is 197 Å². The number of fused-ring (bicyclic) bond motifs is 1. The quantitative estimate of drug-likeness (QED) is 0.460. The summed E-state index contributed by atoms with van der Waals surface area (Å²) in [5.41, 5.74) is 2.43. The smallest absolute Gasteiger partial charge is 0.223 e. The van der Waals surface area contributed by atoms with Crippen molar-refractivity contribution in [2.45, 2.75) is 38.1 Å². The molecule has 0 aliphatic carbocycles. The summed E-state index contributed by atoms with van der Waals surface area (Å²) in [5, 5.41) is 3.46. The van der Waals surface area contributed by atoms with Crippen molar-refractivity contribution >= 4 is 17.4 Å². The molecule has 0 bridgehead atoms. The van der Waals surface area contributed by atoms with Crippen LogP contribution in [-0.4, -0.2) is 49.3 Å². The van der Waals surface area contributed by atoms with Crippen molar-refractivity contribution < 1.29 is 9.18 Å². The van der Waals surface area contributed by atoms with E-state index < -0.39 is 0 Å². The van der Waals surface area contributed by atoms with E-state index in [1.54, 1.807) is 22.9 Å². The minimum absolute atomic E-state index is 0.104. The Morgan fingerprint density at radius 3 is 2.88 bits per heavy atom. The second kappa shape index (κ2) is 9.59. The zero-order valence-corrected chi connectivity index (χ0v) is 19.1. The molecule has 0 saturated carbocycles. The fraction of sp³-hybridized carbons (Fsp3) is 0.308. The third-order valence-corrected chi connectivity index (χ3v) is 6.33. The summed E-state index contributed by atoms with van der Waals surface area (Å²) >= 11 is 0. The Bertz CT molecular complexity index is 1290. The molecule has 7 nitrogen and oxygen atoms in total. The van der Waals surface area contributed by atoms with Gasteiger partial charge in [0.25, 0.3) is 0 Å². The van der Waals surface area contributed by atoms with Gasteiger partial charge in [-0.25, -0.2) is 19.3 Å². The van der Waals surface area contributed by atoms with Crippen LogP contribution in [0.25, 0.3) is 17.2 Å². The zero-order valence-electron chi connectivity index (χ0n) is 19.1. The molecule has 1 fully saturated rings. The molecule has 174 valence electrons. The number of nitrogens with zero attached hydrogens (tertiary/aromatic N) is 5. The number of hydrogen-bond donors (Lipinski definition) is 1. The second-order valence-corrected chi connectivity index (χ2v) is 8.82. The molecule has 1 N–H and O–H groups in total. The van der Waals surface area contributed by atoms with Gasteiger partial charge in [0.2, 0.25) is 5.91 Å². The summed E-state index contributed by atoms with van der Waals surface area (Å²) in [7, 11) is 0. The maximum absolute atomic E-state index is 13.7. The first-order valence-corrected chi connectivity index (χ1v) is 11.6. The average molecular weight is 459 g/mol. The van der Waals surface area contributed by atoms with Crippen molar-refractivity contribution in [1.29, 1.82) is 0 Å². The fourth-order valence-electron chi connectivity index (χ4n) is 4.50. The van der Waals surface area contributed by atoms with Crippen molar-refractivity contribution in [2.75, 3.05) is 18.4 Å². The topological polar surface area (TPSA) is 75.4 Å². The molecule has 1 unspecified atom stereocenters. The summed E-state index contributed by atoms with van der Waals surface area (Å²) in [6, 6.07) is 15.1. The number of halogens is 1. The molecule has 4 heterocycles. The first-order chi connectivity index (χ1) is 16.6. The van der Waals surface area contributed by atoms with Crippen molar-refractivity contribution in [3.8, 4) is 11.5 Å². The average Bonchev–Trinajstić information content (AvgIpc) is 3.28. The number of carbonyl (C=O) groups is 1. The van der Waals surface area contributed by atoms with E-state index in [0.717, 1.165) is 19.4 Å². The third kappa shape index (κ3) is 4.76. The van der Waals surface area contributed by atoms with E-state index >= 15 is 0 Å². The van der Waals surface area contributed by atoms with Crippen LogP contribution in [0.5, 0.6) is 0 Å². The van der Waals surface area contributed by atoms with E-state index in [2.05, 4.69) is 39.3 Å². The summed E-state index contributed by atoms with van der Waals surface area (Å²) < 4.78 is 15.4. The first kappa shape index (κ1) is 22.0. The summed E-state index contributed by atoms with van der Waals surface area (Å²) in [6.45, 7) is 3.52. The number of benzene rings is 1. The Kier molecular flexibility index (Phi) is 6.20. The highest BCUT2D eigenvalue weighted by Gasteiger charge is 2.25. The van der Waals surface area contributed by atoms with Crippen molar-refractivity contribution in [2.24, 2.45) is 0 Å². The minimum Gasteiger partial charge on any atom is -0.365 e. The van der Waals surface area contributed by atoms with Crippen LogP contribution in [-0.2, 0) is 4.79 Å². The van der Waals surface area contributed by atoms with Crippen LogP contribution in [0.15, 0.2) is 67.1 Å². The lowest BCUT2D eigenvalue weighted by molar-refractivity contribution is -0.132. The predicted molar refractivity (Wildman–Crippen MR) is 129 cm³/mol. The highest BCUT2D eigenvalue weighted by Crippen LogP contribution is 2.23. The Morgan fingerprint density at radius 2 is 2.03 bits per heavy atom. The molecule has 3 aromatic heterocycles. The number of likely N-dealkylation sites (tertiary alicyclic amines) is 1. The lowest BCUT2D eigenvalue weighted by Crippen LogP contribution is -2.45. The molecule has 8 heteroatoms. The van der Waals surface area contributed by atoms with Crippen molar-refractivity contribution in [1.82, 2.24) is 24.3 Å². The molecule has 1 saturated heterocycles. The van der Waals surface area contributed by atoms with Gasteiger partial charge < -0.3 is 10.2 Å². The van der Waals surface area contributed by atoms with Crippen LogP contribution < -0.4 is 5.32 Å². The molecule has 0 spiro atoms. The van der Waals surface area contributed by atoms with E-state index in [1.807, 2.05) is 29.2 Å². The molecule has 1 aliphatic heterocycles. The number of piperidine rings is 1. The van der Waals surface area contributed by atoms with Gasteiger partial charge in [0.15, 0.2) is 5.82 Å². The van der Waals surface area contributed by atoms with Gasteiger partial charge in [0, 0.05) is 37.9 Å². The Balaban J connectivity index is 1.26. The minimum atomic E-state index is -0.352. The van der Waals surface area contributed by atoms with E-state index in [9.17, 15) is 9.18 Å². The number of carbonyl (C=O) groups excluding carboxylic acids is 1. The standard InChI is InChI=1S/C26H27FN6O/c1-18(19-6-3-2-4-7-19)14-25(34)32-13-5-8-21(17-32)30-23-11-12-28-26(31-23)22-15-29-24-10-9-20(27)16-33(22)24/h2-4,6-7,9-12,15-16,18,21H,5,8,13-14,17H2,1H3,(H,28,30,31)/t18?,21-/m1/s1. The number of anilines is 1. The van der Waals surface area contributed by atoms with E-state index in [0.29, 0.717) is 35.9 Å².